The van der Waals surface area contributed by atoms with E-state index < -0.39 is 6.09 Å². The van der Waals surface area contributed by atoms with Gasteiger partial charge in [0.25, 0.3) is 0 Å². The van der Waals surface area contributed by atoms with E-state index in [0.29, 0.717) is 30.7 Å². The minimum absolute atomic E-state index is 0.00314. The van der Waals surface area contributed by atoms with Gasteiger partial charge in [-0.1, -0.05) is 12.1 Å². The summed E-state index contributed by atoms with van der Waals surface area (Å²) in [4.78, 5) is 13.3. The molecule has 0 saturated carbocycles. The zero-order valence-corrected chi connectivity index (χ0v) is 9.87. The van der Waals surface area contributed by atoms with Crippen LogP contribution in [-0.4, -0.2) is 30.5 Å². The fourth-order valence-corrected chi connectivity index (χ4v) is 2.13. The number of ether oxygens (including phenoxy) is 1. The van der Waals surface area contributed by atoms with Crippen LogP contribution in [-0.2, 0) is 4.74 Å². The summed E-state index contributed by atoms with van der Waals surface area (Å²) < 4.78 is 5.02. The summed E-state index contributed by atoms with van der Waals surface area (Å²) in [7, 11) is 0. The predicted molar refractivity (Wildman–Crippen MR) is 65.1 cm³/mol. The number of carbonyl (C=O) groups excluding carboxylic acids is 1. The molecule has 1 N–H and O–H groups in total. The second-order valence-electron chi connectivity index (χ2n) is 4.07. The van der Waals surface area contributed by atoms with E-state index in [1.54, 1.807) is 24.3 Å². The van der Waals surface area contributed by atoms with Gasteiger partial charge in [0, 0.05) is 19.1 Å². The Balaban J connectivity index is 2.38. The molecule has 0 radical (unpaired) electrons. The summed E-state index contributed by atoms with van der Waals surface area (Å²) in [6, 6.07) is 8.84. The highest BCUT2D eigenvalue weighted by Gasteiger charge is 2.31. The monoisotopic (exact) mass is 246 g/mol. The van der Waals surface area contributed by atoms with Crippen LogP contribution >= 0.6 is 0 Å². The number of hydrogen-bond donors (Lipinski definition) is 1. The van der Waals surface area contributed by atoms with Gasteiger partial charge in [0.1, 0.15) is 6.07 Å². The molecular weight excluding hydrogens is 232 g/mol. The molecule has 1 amide bonds. The molecule has 0 aromatic heterocycles. The Kier molecular flexibility index (Phi) is 3.80. The van der Waals surface area contributed by atoms with E-state index in [1.807, 2.05) is 0 Å². The van der Waals surface area contributed by atoms with Gasteiger partial charge in [-0.2, -0.15) is 5.26 Å². The molecule has 1 fully saturated rings. The van der Waals surface area contributed by atoms with Crippen LogP contribution < -0.4 is 4.90 Å². The summed E-state index contributed by atoms with van der Waals surface area (Å²) in [5, 5.41) is 18.1. The Morgan fingerprint density at radius 1 is 1.50 bits per heavy atom. The molecule has 1 aliphatic rings. The highest BCUT2D eigenvalue weighted by atomic mass is 16.6. The summed E-state index contributed by atoms with van der Waals surface area (Å²) in [6.45, 7) is 0.359. The molecule has 18 heavy (non-hydrogen) atoms. The number of nitrogens with zero attached hydrogens (tertiary/aromatic N) is 2. The molecule has 1 heterocycles. The van der Waals surface area contributed by atoms with Crippen molar-refractivity contribution in [3.05, 3.63) is 29.8 Å². The molecule has 1 aromatic carbocycles. The SMILES string of the molecule is N#Cc1ccccc1N1C(=O)OCCC1CCO. The molecule has 1 aliphatic heterocycles. The van der Waals surface area contributed by atoms with Gasteiger partial charge >= 0.3 is 6.09 Å². The first kappa shape index (κ1) is 12.4. The molecule has 5 nitrogen and oxygen atoms in total. The van der Waals surface area contributed by atoms with E-state index in [1.165, 1.54) is 4.90 Å². The molecule has 1 aromatic rings. The number of rotatable bonds is 3. The average Bonchev–Trinajstić information content (AvgIpc) is 2.39. The molecular formula is C13H14N2O3. The van der Waals surface area contributed by atoms with Gasteiger partial charge in [0.15, 0.2) is 0 Å². The summed E-state index contributed by atoms with van der Waals surface area (Å²) >= 11 is 0. The molecule has 1 saturated heterocycles. The van der Waals surface area contributed by atoms with Gasteiger partial charge in [0.05, 0.1) is 17.9 Å². The quantitative estimate of drug-likeness (QED) is 0.880. The average molecular weight is 246 g/mol. The number of aliphatic hydroxyl groups is 1. The Morgan fingerprint density at radius 3 is 3.00 bits per heavy atom. The van der Waals surface area contributed by atoms with Crippen molar-refractivity contribution in [2.45, 2.75) is 18.9 Å². The number of aliphatic hydroxyl groups excluding tert-OH is 1. The van der Waals surface area contributed by atoms with Gasteiger partial charge in [0.2, 0.25) is 0 Å². The minimum atomic E-state index is -0.456. The van der Waals surface area contributed by atoms with Crippen molar-refractivity contribution >= 4 is 11.8 Å². The summed E-state index contributed by atoms with van der Waals surface area (Å²) in [5.74, 6) is 0. The number of nitriles is 1. The molecule has 2 rings (SSSR count). The second-order valence-corrected chi connectivity index (χ2v) is 4.07. The second kappa shape index (κ2) is 5.52. The number of anilines is 1. The number of cyclic esters (lactones) is 1. The topological polar surface area (TPSA) is 73.6 Å². The maximum Gasteiger partial charge on any atom is 0.414 e. The molecule has 0 aliphatic carbocycles. The smallest absolute Gasteiger partial charge is 0.414 e. The predicted octanol–water partition coefficient (Wildman–Crippen LogP) is 1.66. The van der Waals surface area contributed by atoms with E-state index in [4.69, 9.17) is 15.1 Å². The van der Waals surface area contributed by atoms with Crippen LogP contribution in [0, 0.1) is 11.3 Å². The van der Waals surface area contributed by atoms with Crippen molar-refractivity contribution in [3.8, 4) is 6.07 Å². The van der Waals surface area contributed by atoms with Gasteiger partial charge in [-0.25, -0.2) is 4.79 Å². The number of carbonyl (C=O) groups is 1. The Hall–Kier alpha value is -2.06. The third kappa shape index (κ3) is 2.29. The highest BCUT2D eigenvalue weighted by Crippen LogP contribution is 2.27. The van der Waals surface area contributed by atoms with Crippen LogP contribution in [0.1, 0.15) is 18.4 Å². The Bertz CT molecular complexity index is 479. The van der Waals surface area contributed by atoms with Crippen LogP contribution in [0.2, 0.25) is 0 Å². The number of hydrogen-bond acceptors (Lipinski definition) is 4. The number of benzene rings is 1. The largest absolute Gasteiger partial charge is 0.449 e. The third-order valence-corrected chi connectivity index (χ3v) is 2.98. The number of amides is 1. The Morgan fingerprint density at radius 2 is 2.28 bits per heavy atom. The normalized spacial score (nSPS) is 19.2. The van der Waals surface area contributed by atoms with Gasteiger partial charge in [-0.05, 0) is 18.6 Å². The van der Waals surface area contributed by atoms with Gasteiger partial charge in [-0.3, -0.25) is 4.90 Å². The van der Waals surface area contributed by atoms with Crippen LogP contribution in [0.3, 0.4) is 0 Å². The van der Waals surface area contributed by atoms with Crippen molar-refractivity contribution in [1.29, 1.82) is 5.26 Å². The van der Waals surface area contributed by atoms with E-state index in [9.17, 15) is 4.79 Å². The van der Waals surface area contributed by atoms with Crippen molar-refractivity contribution in [2.24, 2.45) is 0 Å². The maximum atomic E-state index is 11.9. The lowest BCUT2D eigenvalue weighted by Gasteiger charge is -2.35. The van der Waals surface area contributed by atoms with E-state index >= 15 is 0 Å². The van der Waals surface area contributed by atoms with Crippen LogP contribution in [0.15, 0.2) is 24.3 Å². The van der Waals surface area contributed by atoms with E-state index in [0.717, 1.165) is 0 Å². The first-order chi connectivity index (χ1) is 8.77. The molecule has 0 bridgehead atoms. The standard InChI is InChI=1S/C13H14N2O3/c14-9-10-3-1-2-4-12(10)15-11(5-7-16)6-8-18-13(15)17/h1-4,11,16H,5-8H2. The lowest BCUT2D eigenvalue weighted by molar-refractivity contribution is 0.124. The minimum Gasteiger partial charge on any atom is -0.449 e. The lowest BCUT2D eigenvalue weighted by Crippen LogP contribution is -2.46. The van der Waals surface area contributed by atoms with E-state index in [-0.39, 0.29) is 12.6 Å². The van der Waals surface area contributed by atoms with Crippen LogP contribution in [0.25, 0.3) is 0 Å². The third-order valence-electron chi connectivity index (χ3n) is 2.98. The van der Waals surface area contributed by atoms with Gasteiger partial charge < -0.3 is 9.84 Å². The molecule has 5 heteroatoms. The van der Waals surface area contributed by atoms with Crippen LogP contribution in [0.4, 0.5) is 10.5 Å². The van der Waals surface area contributed by atoms with Crippen LogP contribution in [0.5, 0.6) is 0 Å². The first-order valence-electron chi connectivity index (χ1n) is 5.84. The van der Waals surface area contributed by atoms with Gasteiger partial charge in [-0.15, -0.1) is 0 Å². The maximum absolute atomic E-state index is 11.9. The molecule has 94 valence electrons. The van der Waals surface area contributed by atoms with Crippen molar-refractivity contribution < 1.29 is 14.6 Å². The zero-order chi connectivity index (χ0) is 13.0. The van der Waals surface area contributed by atoms with Crippen molar-refractivity contribution in [1.82, 2.24) is 0 Å². The summed E-state index contributed by atoms with van der Waals surface area (Å²) in [5.41, 5.74) is 0.974. The fraction of sp³-hybridized carbons (Fsp3) is 0.385. The fourth-order valence-electron chi connectivity index (χ4n) is 2.13. The van der Waals surface area contributed by atoms with Crippen molar-refractivity contribution in [3.63, 3.8) is 0 Å². The highest BCUT2D eigenvalue weighted by molar-refractivity contribution is 5.90. The summed E-state index contributed by atoms with van der Waals surface area (Å²) in [6.07, 6.45) is 0.684. The zero-order valence-electron chi connectivity index (χ0n) is 9.87. The molecule has 1 unspecified atom stereocenters. The molecule has 0 spiro atoms. The van der Waals surface area contributed by atoms with E-state index in [2.05, 4.69) is 6.07 Å². The first-order valence-corrected chi connectivity index (χ1v) is 5.84. The Labute approximate surface area is 105 Å². The number of para-hydroxylation sites is 1. The van der Waals surface area contributed by atoms with Crippen molar-refractivity contribution in [2.75, 3.05) is 18.1 Å². The lowest BCUT2D eigenvalue weighted by atomic mass is 10.1. The molecule has 1 atom stereocenters.